The molecule has 0 saturated heterocycles. The molecular formula is C6H15NO. The van der Waals surface area contributed by atoms with Crippen LogP contribution in [0.2, 0.25) is 0 Å². The van der Waals surface area contributed by atoms with Crippen molar-refractivity contribution in [2.45, 2.75) is 20.3 Å². The van der Waals surface area contributed by atoms with Gasteiger partial charge in [0.05, 0.1) is 6.61 Å². The van der Waals surface area contributed by atoms with Crippen LogP contribution in [0.5, 0.6) is 0 Å². The highest BCUT2D eigenvalue weighted by molar-refractivity contribution is 4.40. The van der Waals surface area contributed by atoms with Crippen molar-refractivity contribution in [3.05, 3.63) is 0 Å². The number of rotatable bonds is 4. The highest BCUT2D eigenvalue weighted by Gasteiger charge is 1.90. The first-order chi connectivity index (χ1) is 3.77. The zero-order valence-corrected chi connectivity index (χ0v) is 5.90. The van der Waals surface area contributed by atoms with Gasteiger partial charge in [0.1, 0.15) is 0 Å². The first-order valence-corrected chi connectivity index (χ1v) is 3.06. The van der Waals surface area contributed by atoms with Gasteiger partial charge in [0, 0.05) is 7.05 Å². The Labute approximate surface area is 51.2 Å². The average molecular weight is 117 g/mol. The molecule has 2 nitrogen and oxygen atoms in total. The molecule has 8 heavy (non-hydrogen) atoms. The molecule has 0 atom stereocenters. The van der Waals surface area contributed by atoms with Gasteiger partial charge in [0.15, 0.2) is 0 Å². The van der Waals surface area contributed by atoms with Crippen molar-refractivity contribution in [2.75, 3.05) is 13.7 Å². The molecule has 0 bridgehead atoms. The summed E-state index contributed by atoms with van der Waals surface area (Å²) in [5.74, 6) is 0.739. The van der Waals surface area contributed by atoms with Crippen LogP contribution in [0.25, 0.3) is 0 Å². The van der Waals surface area contributed by atoms with Crippen molar-refractivity contribution >= 4 is 0 Å². The highest BCUT2D eigenvalue weighted by Crippen LogP contribution is 1.96. The van der Waals surface area contributed by atoms with Crippen LogP contribution in [-0.2, 0) is 4.84 Å². The number of hydroxylamine groups is 1. The Kier molecular flexibility index (Phi) is 5.01. The van der Waals surface area contributed by atoms with Crippen molar-refractivity contribution in [2.24, 2.45) is 5.92 Å². The summed E-state index contributed by atoms with van der Waals surface area (Å²) in [6, 6.07) is 0. The average Bonchev–Trinajstić information content (AvgIpc) is 1.66. The lowest BCUT2D eigenvalue weighted by molar-refractivity contribution is 0.0506. The summed E-state index contributed by atoms with van der Waals surface area (Å²) in [5, 5.41) is 0. The van der Waals surface area contributed by atoms with Gasteiger partial charge in [0.2, 0.25) is 0 Å². The molecule has 0 spiro atoms. The van der Waals surface area contributed by atoms with E-state index in [-0.39, 0.29) is 0 Å². The van der Waals surface area contributed by atoms with Gasteiger partial charge in [-0.25, -0.2) is 5.48 Å². The summed E-state index contributed by atoms with van der Waals surface area (Å²) >= 11 is 0. The fourth-order valence-corrected chi connectivity index (χ4v) is 0.397. The standard InChI is InChI=1S/C6H15NO/c1-6(2)4-5-8-7-3/h6-7H,4-5H2,1-3H3. The van der Waals surface area contributed by atoms with Crippen LogP contribution in [0.15, 0.2) is 0 Å². The van der Waals surface area contributed by atoms with Gasteiger partial charge in [-0.2, -0.15) is 0 Å². The second kappa shape index (κ2) is 5.06. The molecule has 0 aliphatic carbocycles. The van der Waals surface area contributed by atoms with Gasteiger partial charge in [-0.15, -0.1) is 0 Å². The smallest absolute Gasteiger partial charge is 0.0684 e. The monoisotopic (exact) mass is 117 g/mol. The molecule has 0 aromatic heterocycles. The Hall–Kier alpha value is -0.0800. The van der Waals surface area contributed by atoms with E-state index in [1.165, 1.54) is 0 Å². The molecule has 0 saturated carbocycles. The number of hydrogen-bond acceptors (Lipinski definition) is 2. The molecule has 0 rings (SSSR count). The molecule has 0 fully saturated rings. The summed E-state index contributed by atoms with van der Waals surface area (Å²) in [6.07, 6.45) is 1.13. The van der Waals surface area contributed by atoms with E-state index in [2.05, 4.69) is 19.3 Å². The van der Waals surface area contributed by atoms with Crippen molar-refractivity contribution in [3.63, 3.8) is 0 Å². The molecule has 50 valence electrons. The maximum Gasteiger partial charge on any atom is 0.0684 e. The SMILES string of the molecule is CNOCCC(C)C. The predicted molar refractivity (Wildman–Crippen MR) is 34.5 cm³/mol. The molecule has 0 radical (unpaired) electrons. The van der Waals surface area contributed by atoms with Gasteiger partial charge < -0.3 is 4.84 Å². The van der Waals surface area contributed by atoms with Gasteiger partial charge in [-0.1, -0.05) is 13.8 Å². The van der Waals surface area contributed by atoms with E-state index in [4.69, 9.17) is 4.84 Å². The molecular weight excluding hydrogens is 102 g/mol. The molecule has 1 N–H and O–H groups in total. The topological polar surface area (TPSA) is 21.3 Å². The van der Waals surface area contributed by atoms with Gasteiger partial charge in [0.25, 0.3) is 0 Å². The summed E-state index contributed by atoms with van der Waals surface area (Å²) in [7, 11) is 1.78. The fourth-order valence-electron chi connectivity index (χ4n) is 0.397. The quantitative estimate of drug-likeness (QED) is 0.441. The predicted octanol–water partition coefficient (Wildman–Crippen LogP) is 1.18. The number of hydrogen-bond donors (Lipinski definition) is 1. The number of nitrogens with one attached hydrogen (secondary N) is 1. The minimum Gasteiger partial charge on any atom is -0.302 e. The van der Waals surface area contributed by atoms with Crippen LogP contribution < -0.4 is 5.48 Å². The van der Waals surface area contributed by atoms with Crippen LogP contribution in [0.3, 0.4) is 0 Å². The summed E-state index contributed by atoms with van der Waals surface area (Å²) in [6.45, 7) is 5.17. The molecule has 0 heterocycles. The molecule has 0 amide bonds. The fraction of sp³-hybridized carbons (Fsp3) is 1.00. The lowest BCUT2D eigenvalue weighted by atomic mass is 10.1. The van der Waals surface area contributed by atoms with Gasteiger partial charge in [-0.3, -0.25) is 0 Å². The third-order valence-electron chi connectivity index (χ3n) is 0.942. The normalized spacial score (nSPS) is 10.5. The van der Waals surface area contributed by atoms with E-state index in [9.17, 15) is 0 Å². The van der Waals surface area contributed by atoms with E-state index in [0.717, 1.165) is 18.9 Å². The van der Waals surface area contributed by atoms with Crippen molar-refractivity contribution < 1.29 is 4.84 Å². The van der Waals surface area contributed by atoms with E-state index in [0.29, 0.717) is 0 Å². The zero-order chi connectivity index (χ0) is 6.41. The van der Waals surface area contributed by atoms with Crippen LogP contribution in [0.1, 0.15) is 20.3 Å². The van der Waals surface area contributed by atoms with Crippen LogP contribution in [-0.4, -0.2) is 13.7 Å². The first kappa shape index (κ1) is 7.92. The highest BCUT2D eigenvalue weighted by atomic mass is 16.6. The molecule has 0 aliphatic rings. The van der Waals surface area contributed by atoms with Crippen molar-refractivity contribution in [1.82, 2.24) is 5.48 Å². The summed E-state index contributed by atoms with van der Waals surface area (Å²) in [4.78, 5) is 4.89. The minimum absolute atomic E-state index is 0.739. The van der Waals surface area contributed by atoms with Crippen molar-refractivity contribution in [3.8, 4) is 0 Å². The minimum atomic E-state index is 0.739. The van der Waals surface area contributed by atoms with Gasteiger partial charge in [-0.05, 0) is 12.3 Å². The largest absolute Gasteiger partial charge is 0.302 e. The summed E-state index contributed by atoms with van der Waals surface area (Å²) in [5.41, 5.74) is 2.62. The first-order valence-electron chi connectivity index (χ1n) is 3.06. The van der Waals surface area contributed by atoms with Crippen molar-refractivity contribution in [1.29, 1.82) is 0 Å². The second-order valence-electron chi connectivity index (χ2n) is 2.24. The molecule has 0 unspecified atom stereocenters. The lowest BCUT2D eigenvalue weighted by Crippen LogP contribution is -2.09. The molecule has 0 aromatic rings. The Morgan fingerprint density at radius 1 is 1.50 bits per heavy atom. The lowest BCUT2D eigenvalue weighted by Gasteiger charge is -2.02. The second-order valence-corrected chi connectivity index (χ2v) is 2.24. The molecule has 2 heteroatoms. The Morgan fingerprint density at radius 2 is 2.12 bits per heavy atom. The Balaban J connectivity index is 2.72. The maximum atomic E-state index is 4.89. The Bertz CT molecular complexity index is 45.8. The Morgan fingerprint density at radius 3 is 2.50 bits per heavy atom. The van der Waals surface area contributed by atoms with E-state index >= 15 is 0 Å². The van der Waals surface area contributed by atoms with E-state index in [1.807, 2.05) is 0 Å². The third kappa shape index (κ3) is 5.92. The maximum absolute atomic E-state index is 4.89. The van der Waals surface area contributed by atoms with Gasteiger partial charge >= 0.3 is 0 Å². The van der Waals surface area contributed by atoms with Crippen LogP contribution >= 0.6 is 0 Å². The van der Waals surface area contributed by atoms with E-state index < -0.39 is 0 Å². The molecule has 0 aliphatic heterocycles. The van der Waals surface area contributed by atoms with Crippen LogP contribution in [0.4, 0.5) is 0 Å². The summed E-state index contributed by atoms with van der Waals surface area (Å²) < 4.78 is 0. The van der Waals surface area contributed by atoms with Crippen LogP contribution in [0, 0.1) is 5.92 Å². The molecule has 0 aromatic carbocycles. The third-order valence-corrected chi connectivity index (χ3v) is 0.942. The van der Waals surface area contributed by atoms with E-state index in [1.54, 1.807) is 7.05 Å². The zero-order valence-electron chi connectivity index (χ0n) is 5.90.